The molecule has 1 heterocycles. The van der Waals surface area contributed by atoms with Gasteiger partial charge in [0.2, 0.25) is 5.91 Å². The highest BCUT2D eigenvalue weighted by atomic mass is 16.5. The number of carbonyl (C=O) groups is 1. The van der Waals surface area contributed by atoms with Gasteiger partial charge in [0.25, 0.3) is 0 Å². The molecule has 1 rings (SSSR count). The SMILES string of the molecule is CCC(CC)(CO)CNC(=O)Cc1c(C)noc1C. The van der Waals surface area contributed by atoms with Crippen LogP contribution in [0.25, 0.3) is 0 Å². The van der Waals surface area contributed by atoms with Crippen LogP contribution in [-0.2, 0) is 11.2 Å². The second-order valence-electron chi connectivity index (χ2n) is 5.12. The van der Waals surface area contributed by atoms with Crippen molar-refractivity contribution in [2.75, 3.05) is 13.2 Å². The van der Waals surface area contributed by atoms with E-state index in [9.17, 15) is 9.90 Å². The number of aromatic nitrogens is 1. The number of aliphatic hydroxyl groups excluding tert-OH is 1. The maximum Gasteiger partial charge on any atom is 0.224 e. The molecule has 5 heteroatoms. The van der Waals surface area contributed by atoms with Crippen LogP contribution in [0, 0.1) is 19.3 Å². The molecule has 0 unspecified atom stereocenters. The van der Waals surface area contributed by atoms with Crippen molar-refractivity contribution in [1.29, 1.82) is 0 Å². The summed E-state index contributed by atoms with van der Waals surface area (Å²) in [6.07, 6.45) is 1.95. The molecule has 0 fully saturated rings. The van der Waals surface area contributed by atoms with Crippen LogP contribution in [0.3, 0.4) is 0 Å². The Morgan fingerprint density at radius 1 is 1.37 bits per heavy atom. The van der Waals surface area contributed by atoms with E-state index in [1.54, 1.807) is 6.92 Å². The Hall–Kier alpha value is -1.36. The third-order valence-electron chi connectivity index (χ3n) is 4.01. The summed E-state index contributed by atoms with van der Waals surface area (Å²) in [6.45, 7) is 8.28. The number of carbonyl (C=O) groups excluding carboxylic acids is 1. The van der Waals surface area contributed by atoms with Gasteiger partial charge < -0.3 is 14.9 Å². The van der Waals surface area contributed by atoms with Crippen molar-refractivity contribution in [2.45, 2.75) is 47.0 Å². The van der Waals surface area contributed by atoms with Crippen LogP contribution in [-0.4, -0.2) is 29.3 Å². The van der Waals surface area contributed by atoms with Crippen molar-refractivity contribution in [3.05, 3.63) is 17.0 Å². The van der Waals surface area contributed by atoms with Gasteiger partial charge in [0.15, 0.2) is 0 Å². The highest BCUT2D eigenvalue weighted by Crippen LogP contribution is 2.24. The molecule has 0 bridgehead atoms. The minimum atomic E-state index is -0.214. The van der Waals surface area contributed by atoms with Crippen LogP contribution in [0.4, 0.5) is 0 Å². The lowest BCUT2D eigenvalue weighted by atomic mass is 9.83. The fourth-order valence-corrected chi connectivity index (χ4v) is 2.04. The van der Waals surface area contributed by atoms with E-state index in [2.05, 4.69) is 10.5 Å². The van der Waals surface area contributed by atoms with Gasteiger partial charge in [0.05, 0.1) is 18.7 Å². The first-order chi connectivity index (χ1) is 8.98. The van der Waals surface area contributed by atoms with Gasteiger partial charge >= 0.3 is 0 Å². The van der Waals surface area contributed by atoms with E-state index >= 15 is 0 Å². The molecule has 0 radical (unpaired) electrons. The first-order valence-corrected chi connectivity index (χ1v) is 6.77. The second kappa shape index (κ2) is 6.70. The van der Waals surface area contributed by atoms with E-state index in [0.29, 0.717) is 12.3 Å². The topological polar surface area (TPSA) is 75.4 Å². The number of hydrogen-bond acceptors (Lipinski definition) is 4. The standard InChI is InChI=1S/C14H24N2O3/c1-5-14(6-2,9-17)8-15-13(18)7-12-10(3)16-19-11(12)4/h17H,5-9H2,1-4H3,(H,15,18). The fraction of sp³-hybridized carbons (Fsp3) is 0.714. The first-order valence-electron chi connectivity index (χ1n) is 6.77. The van der Waals surface area contributed by atoms with Gasteiger partial charge in [0.1, 0.15) is 5.76 Å². The van der Waals surface area contributed by atoms with E-state index in [1.807, 2.05) is 20.8 Å². The largest absolute Gasteiger partial charge is 0.396 e. The molecule has 0 aliphatic rings. The minimum Gasteiger partial charge on any atom is -0.396 e. The summed E-state index contributed by atoms with van der Waals surface area (Å²) in [4.78, 5) is 11.9. The lowest BCUT2D eigenvalue weighted by Gasteiger charge is -2.29. The maximum absolute atomic E-state index is 11.9. The molecule has 1 aromatic rings. The van der Waals surface area contributed by atoms with Gasteiger partial charge in [-0.05, 0) is 26.7 Å². The zero-order valence-electron chi connectivity index (χ0n) is 12.2. The third-order valence-corrected chi connectivity index (χ3v) is 4.01. The monoisotopic (exact) mass is 268 g/mol. The predicted molar refractivity (Wildman–Crippen MR) is 72.8 cm³/mol. The van der Waals surface area contributed by atoms with Gasteiger partial charge in [-0.2, -0.15) is 0 Å². The number of aliphatic hydroxyl groups is 1. The van der Waals surface area contributed by atoms with E-state index < -0.39 is 0 Å². The molecule has 5 nitrogen and oxygen atoms in total. The van der Waals surface area contributed by atoms with Crippen LogP contribution in [0.1, 0.15) is 43.7 Å². The molecule has 19 heavy (non-hydrogen) atoms. The molecule has 2 N–H and O–H groups in total. The lowest BCUT2D eigenvalue weighted by Crippen LogP contribution is -2.40. The number of aryl methyl sites for hydroxylation is 2. The van der Waals surface area contributed by atoms with Crippen molar-refractivity contribution >= 4 is 5.91 Å². The van der Waals surface area contributed by atoms with Gasteiger partial charge in [-0.1, -0.05) is 19.0 Å². The zero-order valence-corrected chi connectivity index (χ0v) is 12.2. The number of amides is 1. The van der Waals surface area contributed by atoms with Crippen molar-refractivity contribution in [1.82, 2.24) is 10.5 Å². The summed E-state index contributed by atoms with van der Waals surface area (Å²) >= 11 is 0. The summed E-state index contributed by atoms with van der Waals surface area (Å²) in [5.41, 5.74) is 1.39. The van der Waals surface area contributed by atoms with E-state index in [1.165, 1.54) is 0 Å². The van der Waals surface area contributed by atoms with Gasteiger partial charge in [0, 0.05) is 17.5 Å². The average molecular weight is 268 g/mol. The summed E-state index contributed by atoms with van der Waals surface area (Å²) in [5.74, 6) is 0.626. The summed E-state index contributed by atoms with van der Waals surface area (Å²) < 4.78 is 5.04. The number of nitrogens with zero attached hydrogens (tertiary/aromatic N) is 1. The zero-order chi connectivity index (χ0) is 14.5. The van der Waals surface area contributed by atoms with Gasteiger partial charge in [-0.25, -0.2) is 0 Å². The lowest BCUT2D eigenvalue weighted by molar-refractivity contribution is -0.121. The molecule has 0 spiro atoms. The molecular formula is C14H24N2O3. The second-order valence-corrected chi connectivity index (χ2v) is 5.12. The Morgan fingerprint density at radius 2 is 2.00 bits per heavy atom. The molecule has 0 saturated carbocycles. The van der Waals surface area contributed by atoms with Crippen LogP contribution in [0.2, 0.25) is 0 Å². The Labute approximate surface area is 114 Å². The number of hydrogen-bond donors (Lipinski definition) is 2. The highest BCUT2D eigenvalue weighted by molar-refractivity contribution is 5.79. The van der Waals surface area contributed by atoms with Crippen molar-refractivity contribution < 1.29 is 14.4 Å². The molecule has 1 amide bonds. The molecule has 0 aliphatic heterocycles. The predicted octanol–water partition coefficient (Wildman–Crippen LogP) is 1.75. The van der Waals surface area contributed by atoms with E-state index in [4.69, 9.17) is 4.52 Å². The third kappa shape index (κ3) is 3.80. The summed E-state index contributed by atoms with van der Waals surface area (Å²) in [6, 6.07) is 0. The molecule has 1 aromatic heterocycles. The minimum absolute atomic E-state index is 0.0610. The molecule has 108 valence electrons. The van der Waals surface area contributed by atoms with Crippen LogP contribution in [0.5, 0.6) is 0 Å². The normalized spacial score (nSPS) is 11.6. The Bertz CT molecular complexity index is 395. The highest BCUT2D eigenvalue weighted by Gasteiger charge is 2.26. The number of rotatable bonds is 7. The Kier molecular flexibility index (Phi) is 5.54. The van der Waals surface area contributed by atoms with Crippen molar-refractivity contribution in [2.24, 2.45) is 5.41 Å². The van der Waals surface area contributed by atoms with Gasteiger partial charge in [-0.3, -0.25) is 4.79 Å². The summed E-state index contributed by atoms with van der Waals surface area (Å²) in [5, 5.41) is 16.2. The molecule has 0 atom stereocenters. The quantitative estimate of drug-likeness (QED) is 0.790. The molecular weight excluding hydrogens is 244 g/mol. The van der Waals surface area contributed by atoms with E-state index in [-0.39, 0.29) is 24.3 Å². The van der Waals surface area contributed by atoms with Crippen LogP contribution in [0.15, 0.2) is 4.52 Å². The molecule has 0 aromatic carbocycles. The Morgan fingerprint density at radius 3 is 2.42 bits per heavy atom. The smallest absolute Gasteiger partial charge is 0.224 e. The average Bonchev–Trinajstić information content (AvgIpc) is 2.73. The van der Waals surface area contributed by atoms with Crippen molar-refractivity contribution in [3.63, 3.8) is 0 Å². The fourth-order valence-electron chi connectivity index (χ4n) is 2.04. The number of nitrogens with one attached hydrogen (secondary N) is 1. The van der Waals surface area contributed by atoms with E-state index in [0.717, 1.165) is 24.1 Å². The van der Waals surface area contributed by atoms with Crippen molar-refractivity contribution in [3.8, 4) is 0 Å². The van der Waals surface area contributed by atoms with Crippen LogP contribution >= 0.6 is 0 Å². The molecule has 0 saturated heterocycles. The van der Waals surface area contributed by atoms with Gasteiger partial charge in [-0.15, -0.1) is 0 Å². The first kappa shape index (κ1) is 15.7. The Balaban J connectivity index is 2.57. The summed E-state index contributed by atoms with van der Waals surface area (Å²) in [7, 11) is 0. The van der Waals surface area contributed by atoms with Crippen LogP contribution < -0.4 is 5.32 Å². The molecule has 0 aliphatic carbocycles. The maximum atomic E-state index is 11.9.